The summed E-state index contributed by atoms with van der Waals surface area (Å²) in [6, 6.07) is 8.37. The molecule has 0 aliphatic rings. The van der Waals surface area contributed by atoms with E-state index < -0.39 is 21.9 Å². The van der Waals surface area contributed by atoms with Crippen LogP contribution in [0.4, 0.5) is 4.39 Å². The van der Waals surface area contributed by atoms with Crippen molar-refractivity contribution in [2.45, 2.75) is 24.3 Å². The number of rotatable bonds is 5. The molecule has 0 spiro atoms. The maximum absolute atomic E-state index is 13.5. The van der Waals surface area contributed by atoms with E-state index in [9.17, 15) is 12.8 Å². The van der Waals surface area contributed by atoms with Gasteiger partial charge in [0.1, 0.15) is 16.5 Å². The highest BCUT2D eigenvalue weighted by Crippen LogP contribution is 2.14. The van der Waals surface area contributed by atoms with Gasteiger partial charge >= 0.3 is 0 Å². The Morgan fingerprint density at radius 1 is 1.26 bits per heavy atom. The quantitative estimate of drug-likeness (QED) is 0.916. The van der Waals surface area contributed by atoms with Crippen molar-refractivity contribution in [2.75, 3.05) is 0 Å². The third-order valence-corrected chi connectivity index (χ3v) is 4.19. The Morgan fingerprint density at radius 3 is 2.63 bits per heavy atom. The van der Waals surface area contributed by atoms with E-state index in [1.165, 1.54) is 24.5 Å². The first kappa shape index (κ1) is 13.8. The second-order valence-electron chi connectivity index (χ2n) is 4.24. The van der Waals surface area contributed by atoms with Crippen molar-refractivity contribution in [3.8, 4) is 0 Å². The second kappa shape index (κ2) is 5.54. The molecule has 102 valence electrons. The minimum atomic E-state index is -3.86. The van der Waals surface area contributed by atoms with Crippen molar-refractivity contribution in [2.24, 2.45) is 0 Å². The van der Waals surface area contributed by atoms with Gasteiger partial charge in [-0.2, -0.15) is 0 Å². The highest BCUT2D eigenvalue weighted by atomic mass is 32.2. The van der Waals surface area contributed by atoms with Gasteiger partial charge in [-0.25, -0.2) is 17.5 Å². The van der Waals surface area contributed by atoms with Gasteiger partial charge in [-0.3, -0.25) is 0 Å². The Bertz CT molecular complexity index is 638. The van der Waals surface area contributed by atoms with E-state index in [4.69, 9.17) is 4.42 Å². The highest BCUT2D eigenvalue weighted by Gasteiger charge is 2.21. The summed E-state index contributed by atoms with van der Waals surface area (Å²) >= 11 is 0. The Labute approximate surface area is 111 Å². The summed E-state index contributed by atoms with van der Waals surface area (Å²) in [5.74, 6) is -0.0936. The van der Waals surface area contributed by atoms with Crippen LogP contribution < -0.4 is 4.72 Å². The zero-order valence-corrected chi connectivity index (χ0v) is 11.2. The van der Waals surface area contributed by atoms with Crippen LogP contribution in [0.2, 0.25) is 0 Å². The molecule has 2 aromatic rings. The van der Waals surface area contributed by atoms with Crippen LogP contribution in [0.25, 0.3) is 0 Å². The van der Waals surface area contributed by atoms with Gasteiger partial charge in [-0.05, 0) is 31.2 Å². The minimum Gasteiger partial charge on any atom is -0.469 e. The average Bonchev–Trinajstić information content (AvgIpc) is 2.81. The molecule has 0 saturated carbocycles. The number of hydrogen-bond acceptors (Lipinski definition) is 3. The smallest absolute Gasteiger partial charge is 0.243 e. The summed E-state index contributed by atoms with van der Waals surface area (Å²) in [5, 5.41) is 0. The van der Waals surface area contributed by atoms with E-state index >= 15 is 0 Å². The maximum atomic E-state index is 13.5. The van der Waals surface area contributed by atoms with Crippen molar-refractivity contribution in [1.29, 1.82) is 0 Å². The lowest BCUT2D eigenvalue weighted by Gasteiger charge is -2.13. The number of halogens is 1. The largest absolute Gasteiger partial charge is 0.469 e. The fourth-order valence-corrected chi connectivity index (χ4v) is 3.09. The van der Waals surface area contributed by atoms with Gasteiger partial charge in [0, 0.05) is 12.5 Å². The molecule has 0 unspecified atom stereocenters. The summed E-state index contributed by atoms with van der Waals surface area (Å²) in [4.78, 5) is -0.346. The van der Waals surface area contributed by atoms with Gasteiger partial charge < -0.3 is 4.42 Å². The maximum Gasteiger partial charge on any atom is 0.243 e. The molecular formula is C13H14FNO3S. The normalized spacial score (nSPS) is 13.4. The van der Waals surface area contributed by atoms with Crippen molar-refractivity contribution < 1.29 is 17.2 Å². The molecule has 0 radical (unpaired) electrons. The molecule has 0 bridgehead atoms. The van der Waals surface area contributed by atoms with Crippen LogP contribution in [-0.4, -0.2) is 14.5 Å². The van der Waals surface area contributed by atoms with Gasteiger partial charge in [0.15, 0.2) is 0 Å². The molecule has 4 nitrogen and oxygen atoms in total. The summed E-state index contributed by atoms with van der Waals surface area (Å²) in [7, 11) is -3.86. The van der Waals surface area contributed by atoms with Crippen LogP contribution in [0, 0.1) is 5.82 Å². The summed E-state index contributed by atoms with van der Waals surface area (Å²) < 4.78 is 45.1. The first-order chi connectivity index (χ1) is 8.99. The lowest BCUT2D eigenvalue weighted by Crippen LogP contribution is -2.34. The zero-order chi connectivity index (χ0) is 13.9. The lowest BCUT2D eigenvalue weighted by atomic mass is 10.2. The SMILES string of the molecule is C[C@@H](Cc1ccco1)NS(=O)(=O)c1ccccc1F. The fourth-order valence-electron chi connectivity index (χ4n) is 1.76. The molecular weight excluding hydrogens is 269 g/mol. The summed E-state index contributed by atoms with van der Waals surface area (Å²) in [6.07, 6.45) is 1.92. The molecule has 0 amide bonds. The third-order valence-electron chi connectivity index (χ3n) is 2.57. The van der Waals surface area contributed by atoms with Crippen LogP contribution in [0.5, 0.6) is 0 Å². The molecule has 0 saturated heterocycles. The lowest BCUT2D eigenvalue weighted by molar-refractivity contribution is 0.478. The van der Waals surface area contributed by atoms with Gasteiger partial charge in [0.05, 0.1) is 6.26 Å². The topological polar surface area (TPSA) is 59.3 Å². The monoisotopic (exact) mass is 283 g/mol. The predicted octanol–water partition coefficient (Wildman–Crippen LogP) is 2.33. The zero-order valence-electron chi connectivity index (χ0n) is 10.3. The number of benzene rings is 1. The van der Waals surface area contributed by atoms with Crippen LogP contribution in [0.1, 0.15) is 12.7 Å². The number of hydrogen-bond donors (Lipinski definition) is 1. The van der Waals surface area contributed by atoms with Crippen molar-refractivity contribution in [1.82, 2.24) is 4.72 Å². The Morgan fingerprint density at radius 2 is 2.00 bits per heavy atom. The highest BCUT2D eigenvalue weighted by molar-refractivity contribution is 7.89. The number of nitrogens with one attached hydrogen (secondary N) is 1. The summed E-state index contributed by atoms with van der Waals surface area (Å²) in [5.41, 5.74) is 0. The minimum absolute atomic E-state index is 0.346. The molecule has 6 heteroatoms. The predicted molar refractivity (Wildman–Crippen MR) is 68.6 cm³/mol. The molecule has 0 aliphatic carbocycles. The van der Waals surface area contributed by atoms with Crippen LogP contribution >= 0.6 is 0 Å². The Hall–Kier alpha value is -1.66. The van der Waals surface area contributed by atoms with Crippen LogP contribution in [-0.2, 0) is 16.4 Å². The molecule has 2 rings (SSSR count). The van der Waals surface area contributed by atoms with E-state index in [-0.39, 0.29) is 4.90 Å². The Kier molecular flexibility index (Phi) is 4.01. The number of furan rings is 1. The number of sulfonamides is 1. The van der Waals surface area contributed by atoms with Gasteiger partial charge in [-0.15, -0.1) is 0 Å². The van der Waals surface area contributed by atoms with Gasteiger partial charge in [0.25, 0.3) is 0 Å². The van der Waals surface area contributed by atoms with E-state index in [1.54, 1.807) is 19.1 Å². The van der Waals surface area contributed by atoms with Crippen molar-refractivity contribution in [3.05, 3.63) is 54.2 Å². The second-order valence-corrected chi connectivity index (χ2v) is 5.92. The molecule has 0 fully saturated rings. The van der Waals surface area contributed by atoms with Crippen molar-refractivity contribution in [3.63, 3.8) is 0 Å². The molecule has 0 aliphatic heterocycles. The molecule has 19 heavy (non-hydrogen) atoms. The van der Waals surface area contributed by atoms with E-state index in [2.05, 4.69) is 4.72 Å². The van der Waals surface area contributed by atoms with E-state index in [0.717, 1.165) is 6.07 Å². The first-order valence-corrected chi connectivity index (χ1v) is 7.26. The van der Waals surface area contributed by atoms with Gasteiger partial charge in [0.2, 0.25) is 10.0 Å². The first-order valence-electron chi connectivity index (χ1n) is 5.78. The molecule has 1 atom stereocenters. The molecule has 1 N–H and O–H groups in total. The summed E-state index contributed by atoms with van der Waals surface area (Å²) in [6.45, 7) is 1.70. The van der Waals surface area contributed by atoms with Crippen molar-refractivity contribution >= 4 is 10.0 Å². The fraction of sp³-hybridized carbons (Fsp3) is 0.231. The molecule has 1 aromatic carbocycles. The van der Waals surface area contributed by atoms with Crippen LogP contribution in [0.3, 0.4) is 0 Å². The van der Waals surface area contributed by atoms with Gasteiger partial charge in [-0.1, -0.05) is 12.1 Å². The van der Waals surface area contributed by atoms with E-state index in [0.29, 0.717) is 12.2 Å². The molecule has 1 heterocycles. The standard InChI is InChI=1S/C13H14FNO3S/c1-10(9-11-5-4-8-18-11)15-19(16,17)13-7-3-2-6-12(13)14/h2-8,10,15H,9H2,1H3/t10-/m0/s1. The van der Waals surface area contributed by atoms with E-state index in [1.807, 2.05) is 0 Å². The average molecular weight is 283 g/mol. The molecule has 1 aromatic heterocycles. The van der Waals surface area contributed by atoms with Crippen LogP contribution in [0.15, 0.2) is 52.0 Å². The third kappa shape index (κ3) is 3.42. The Balaban J connectivity index is 2.11.